The molecule has 1 aromatic heterocycles. The second-order valence-electron chi connectivity index (χ2n) is 8.55. The van der Waals surface area contributed by atoms with Gasteiger partial charge < -0.3 is 9.53 Å². The molecular formula is C19H26N2O4SSi. The van der Waals surface area contributed by atoms with Gasteiger partial charge in [-0.2, -0.15) is 0 Å². The van der Waals surface area contributed by atoms with Gasteiger partial charge in [0, 0.05) is 22.9 Å². The van der Waals surface area contributed by atoms with Crippen molar-refractivity contribution in [3.63, 3.8) is 0 Å². The molecule has 1 fully saturated rings. The largest absolute Gasteiger partial charge is 0.477 e. The average molecular weight is 407 g/mol. The molecule has 2 aliphatic heterocycles. The Balaban J connectivity index is 1.85. The first kappa shape index (κ1) is 20.1. The molecule has 6 nitrogen and oxygen atoms in total. The Morgan fingerprint density at radius 3 is 2.59 bits per heavy atom. The number of β-lactam (4-membered cyclic amide) rings is 1. The van der Waals surface area contributed by atoms with E-state index in [9.17, 15) is 14.7 Å². The number of rotatable bonds is 5. The molecule has 0 unspecified atom stereocenters. The molecule has 0 aromatic carbocycles. The van der Waals surface area contributed by atoms with Crippen LogP contribution in [0.15, 0.2) is 30.2 Å². The van der Waals surface area contributed by atoms with E-state index in [-0.39, 0.29) is 34.0 Å². The van der Waals surface area contributed by atoms with E-state index in [1.807, 2.05) is 13.0 Å². The SMILES string of the molecule is C[C@@H](O[Si](C)(C)C(C)(C)C)[C@H]1C(=O)N2C(C(=O)O)=C(c3cccnc3)S[C@H]12. The number of hydrogen-bond donors (Lipinski definition) is 1. The highest BCUT2D eigenvalue weighted by molar-refractivity contribution is 8.09. The molecule has 1 saturated heterocycles. The molecule has 1 aromatic rings. The fraction of sp³-hybridized carbons (Fsp3) is 0.526. The second-order valence-corrected chi connectivity index (χ2v) is 14.4. The zero-order valence-electron chi connectivity index (χ0n) is 16.5. The summed E-state index contributed by atoms with van der Waals surface area (Å²) in [6, 6.07) is 3.58. The summed E-state index contributed by atoms with van der Waals surface area (Å²) >= 11 is 1.42. The number of amides is 1. The summed E-state index contributed by atoms with van der Waals surface area (Å²) in [7, 11) is -2.03. The topological polar surface area (TPSA) is 79.7 Å². The molecule has 2 aliphatic rings. The molecule has 3 heterocycles. The third-order valence-corrected chi connectivity index (χ3v) is 11.7. The molecule has 27 heavy (non-hydrogen) atoms. The number of hydrogen-bond acceptors (Lipinski definition) is 5. The third-order valence-electron chi connectivity index (χ3n) is 5.70. The van der Waals surface area contributed by atoms with E-state index < -0.39 is 14.3 Å². The number of carbonyl (C=O) groups is 2. The second kappa shape index (κ2) is 6.75. The van der Waals surface area contributed by atoms with Gasteiger partial charge in [0.2, 0.25) is 5.91 Å². The maximum atomic E-state index is 12.8. The highest BCUT2D eigenvalue weighted by Gasteiger charge is 2.59. The Bertz CT molecular complexity index is 804. The molecule has 8 heteroatoms. The maximum absolute atomic E-state index is 12.8. The van der Waals surface area contributed by atoms with Gasteiger partial charge in [-0.05, 0) is 31.1 Å². The summed E-state index contributed by atoms with van der Waals surface area (Å²) in [5.41, 5.74) is 0.776. The lowest BCUT2D eigenvalue weighted by molar-refractivity contribution is -0.156. The van der Waals surface area contributed by atoms with Crippen molar-refractivity contribution in [3.8, 4) is 0 Å². The standard InChI is InChI=1S/C19H26N2O4SSi/c1-11(25-27(5,6)19(2,3)4)13-16(22)21-14(18(23)24)15(26-17(13)21)12-8-7-9-20-10-12/h7-11,13,17H,1-6H3,(H,23,24)/t11-,13+,17-/m1/s1. The Labute approximate surface area is 165 Å². The predicted octanol–water partition coefficient (Wildman–Crippen LogP) is 3.78. The molecule has 1 amide bonds. The fourth-order valence-corrected chi connectivity index (χ4v) is 6.21. The number of aliphatic carboxylic acids is 1. The smallest absolute Gasteiger partial charge is 0.353 e. The van der Waals surface area contributed by atoms with Crippen LogP contribution in [0.3, 0.4) is 0 Å². The quantitative estimate of drug-likeness (QED) is 0.592. The molecule has 0 radical (unpaired) electrons. The number of carbonyl (C=O) groups excluding carboxylic acids is 1. The molecule has 146 valence electrons. The Hall–Kier alpha value is -1.64. The van der Waals surface area contributed by atoms with E-state index in [1.165, 1.54) is 16.7 Å². The lowest BCUT2D eigenvalue weighted by Crippen LogP contribution is -2.62. The predicted molar refractivity (Wildman–Crippen MR) is 108 cm³/mol. The van der Waals surface area contributed by atoms with E-state index in [2.05, 4.69) is 38.8 Å². The summed E-state index contributed by atoms with van der Waals surface area (Å²) in [5.74, 6) is -1.60. The lowest BCUT2D eigenvalue weighted by atomic mass is 9.92. The average Bonchev–Trinajstić information content (AvgIpc) is 2.89. The van der Waals surface area contributed by atoms with Crippen molar-refractivity contribution in [2.75, 3.05) is 0 Å². The number of fused-ring (bicyclic) bond motifs is 1. The summed E-state index contributed by atoms with van der Waals surface area (Å²) in [6.07, 6.45) is 3.02. The monoisotopic (exact) mass is 406 g/mol. The van der Waals surface area contributed by atoms with Crippen LogP contribution in [-0.4, -0.2) is 46.7 Å². The molecule has 0 spiro atoms. The maximum Gasteiger partial charge on any atom is 0.353 e. The van der Waals surface area contributed by atoms with Gasteiger partial charge in [0.1, 0.15) is 11.1 Å². The van der Waals surface area contributed by atoms with Crippen LogP contribution in [0, 0.1) is 5.92 Å². The van der Waals surface area contributed by atoms with Crippen LogP contribution in [0.4, 0.5) is 0 Å². The van der Waals surface area contributed by atoms with Gasteiger partial charge in [-0.1, -0.05) is 38.6 Å². The van der Waals surface area contributed by atoms with Crippen molar-refractivity contribution >= 4 is 36.9 Å². The molecule has 0 aliphatic carbocycles. The van der Waals surface area contributed by atoms with Crippen LogP contribution < -0.4 is 0 Å². The van der Waals surface area contributed by atoms with Crippen molar-refractivity contribution in [3.05, 3.63) is 35.8 Å². The van der Waals surface area contributed by atoms with Crippen molar-refractivity contribution in [1.29, 1.82) is 0 Å². The highest BCUT2D eigenvalue weighted by Crippen LogP contribution is 2.54. The number of carboxylic acid groups (broad SMARTS) is 1. The highest BCUT2D eigenvalue weighted by atomic mass is 32.2. The Morgan fingerprint density at radius 1 is 1.41 bits per heavy atom. The zero-order valence-corrected chi connectivity index (χ0v) is 18.3. The first-order chi connectivity index (χ1) is 12.5. The molecule has 3 atom stereocenters. The number of carboxylic acids is 1. The van der Waals surface area contributed by atoms with E-state index >= 15 is 0 Å². The Morgan fingerprint density at radius 2 is 2.07 bits per heavy atom. The van der Waals surface area contributed by atoms with Crippen LogP contribution in [-0.2, 0) is 14.0 Å². The van der Waals surface area contributed by atoms with E-state index in [1.54, 1.807) is 18.5 Å². The van der Waals surface area contributed by atoms with Gasteiger partial charge in [0.25, 0.3) is 0 Å². The van der Waals surface area contributed by atoms with Crippen LogP contribution in [0.5, 0.6) is 0 Å². The summed E-state index contributed by atoms with van der Waals surface area (Å²) in [6.45, 7) is 12.7. The third kappa shape index (κ3) is 3.34. The Kier molecular flexibility index (Phi) is 5.03. The lowest BCUT2D eigenvalue weighted by Gasteiger charge is -2.48. The minimum absolute atomic E-state index is 0.0436. The summed E-state index contributed by atoms with van der Waals surface area (Å²) in [5, 5.41) is 9.50. The van der Waals surface area contributed by atoms with Gasteiger partial charge in [-0.25, -0.2) is 4.79 Å². The zero-order chi connectivity index (χ0) is 20.1. The van der Waals surface area contributed by atoms with Gasteiger partial charge in [-0.15, -0.1) is 0 Å². The number of aromatic nitrogens is 1. The van der Waals surface area contributed by atoms with Crippen molar-refractivity contribution in [1.82, 2.24) is 9.88 Å². The molecule has 1 N–H and O–H groups in total. The van der Waals surface area contributed by atoms with Gasteiger partial charge in [-0.3, -0.25) is 14.7 Å². The molecule has 3 rings (SSSR count). The van der Waals surface area contributed by atoms with Crippen molar-refractivity contribution in [2.45, 2.75) is 57.3 Å². The number of thioether (sulfide) groups is 1. The van der Waals surface area contributed by atoms with Crippen molar-refractivity contribution < 1.29 is 19.1 Å². The van der Waals surface area contributed by atoms with Gasteiger partial charge >= 0.3 is 5.97 Å². The normalized spacial score (nSPS) is 23.9. The van der Waals surface area contributed by atoms with Gasteiger partial charge in [0.15, 0.2) is 8.32 Å². The fourth-order valence-electron chi connectivity index (χ4n) is 3.19. The first-order valence-electron chi connectivity index (χ1n) is 9.01. The summed E-state index contributed by atoms with van der Waals surface area (Å²) < 4.78 is 6.42. The molecule has 0 bridgehead atoms. The number of nitrogens with zero attached hydrogens (tertiary/aromatic N) is 2. The van der Waals surface area contributed by atoms with E-state index in [0.29, 0.717) is 4.91 Å². The van der Waals surface area contributed by atoms with E-state index in [0.717, 1.165) is 5.56 Å². The van der Waals surface area contributed by atoms with Crippen LogP contribution in [0.25, 0.3) is 4.91 Å². The molecular weight excluding hydrogens is 380 g/mol. The summed E-state index contributed by atoms with van der Waals surface area (Å²) in [4.78, 5) is 30.8. The van der Waals surface area contributed by atoms with Crippen LogP contribution >= 0.6 is 11.8 Å². The minimum atomic E-state index is -2.03. The minimum Gasteiger partial charge on any atom is -0.477 e. The van der Waals surface area contributed by atoms with E-state index in [4.69, 9.17) is 4.43 Å². The number of pyridine rings is 1. The van der Waals surface area contributed by atoms with Crippen molar-refractivity contribution in [2.24, 2.45) is 5.92 Å². The van der Waals surface area contributed by atoms with Gasteiger partial charge in [0.05, 0.1) is 12.0 Å². The van der Waals surface area contributed by atoms with Crippen LogP contribution in [0.1, 0.15) is 33.3 Å². The van der Waals surface area contributed by atoms with Crippen LogP contribution in [0.2, 0.25) is 18.1 Å². The molecule has 0 saturated carbocycles. The first-order valence-corrected chi connectivity index (χ1v) is 12.8.